The highest BCUT2D eigenvalue weighted by atomic mass is 32.1. The molecule has 7 heteroatoms. The van der Waals surface area contributed by atoms with E-state index in [2.05, 4.69) is 10.3 Å². The van der Waals surface area contributed by atoms with Crippen LogP contribution < -0.4 is 5.32 Å². The van der Waals surface area contributed by atoms with Crippen molar-refractivity contribution in [2.24, 2.45) is 5.92 Å². The molecule has 0 saturated carbocycles. The van der Waals surface area contributed by atoms with Gasteiger partial charge >= 0.3 is 5.97 Å². The van der Waals surface area contributed by atoms with Crippen LogP contribution in [-0.4, -0.2) is 28.5 Å². The zero-order chi connectivity index (χ0) is 18.4. The lowest BCUT2D eigenvalue weighted by Crippen LogP contribution is -2.32. The lowest BCUT2D eigenvalue weighted by molar-refractivity contribution is -0.141. The summed E-state index contributed by atoms with van der Waals surface area (Å²) in [5, 5.41) is 12.6. The number of carboxylic acids is 1. The molecule has 0 spiro atoms. The zero-order valence-corrected chi connectivity index (χ0v) is 15.0. The van der Waals surface area contributed by atoms with Crippen molar-refractivity contribution in [1.82, 2.24) is 10.3 Å². The van der Waals surface area contributed by atoms with Crippen LogP contribution in [0.2, 0.25) is 0 Å². The van der Waals surface area contributed by atoms with Gasteiger partial charge in [0.2, 0.25) is 0 Å². The average molecular weight is 364 g/mol. The summed E-state index contributed by atoms with van der Waals surface area (Å²) in [5.41, 5.74) is 1.53. The summed E-state index contributed by atoms with van der Waals surface area (Å²) in [6, 6.07) is 6.16. The molecule has 0 aliphatic heterocycles. The lowest BCUT2D eigenvalue weighted by atomic mass is 10.0. The number of thiazole rings is 1. The van der Waals surface area contributed by atoms with E-state index >= 15 is 0 Å². The maximum Gasteiger partial charge on any atom is 0.308 e. The third-order valence-corrected chi connectivity index (χ3v) is 4.97. The second kappa shape index (κ2) is 8.71. The molecule has 134 valence electrons. The molecule has 1 atom stereocenters. The molecule has 1 amide bonds. The third-order valence-electron chi connectivity index (χ3n) is 3.81. The highest BCUT2D eigenvalue weighted by Crippen LogP contribution is 2.21. The monoisotopic (exact) mass is 364 g/mol. The molecule has 5 nitrogen and oxygen atoms in total. The summed E-state index contributed by atoms with van der Waals surface area (Å²) in [5.74, 6) is -2.08. The Morgan fingerprint density at radius 3 is 2.60 bits per heavy atom. The molecule has 0 aliphatic carbocycles. The fourth-order valence-corrected chi connectivity index (χ4v) is 3.49. The number of aliphatic carboxylic acids is 1. The topological polar surface area (TPSA) is 79.3 Å². The van der Waals surface area contributed by atoms with Crippen LogP contribution in [0.4, 0.5) is 4.39 Å². The number of aromatic nitrogens is 1. The van der Waals surface area contributed by atoms with Crippen LogP contribution in [0.5, 0.6) is 0 Å². The minimum absolute atomic E-state index is 0.104. The Morgan fingerprint density at radius 1 is 1.32 bits per heavy atom. The van der Waals surface area contributed by atoms with Crippen molar-refractivity contribution in [2.45, 2.75) is 33.1 Å². The van der Waals surface area contributed by atoms with Gasteiger partial charge in [0.25, 0.3) is 5.91 Å². The number of aryl methyl sites for hydroxylation is 1. The first kappa shape index (κ1) is 19.1. The molecule has 2 rings (SSSR count). The van der Waals surface area contributed by atoms with Gasteiger partial charge < -0.3 is 10.4 Å². The van der Waals surface area contributed by atoms with Crippen LogP contribution >= 0.6 is 11.3 Å². The van der Waals surface area contributed by atoms with E-state index in [9.17, 15) is 14.0 Å². The van der Waals surface area contributed by atoms with Gasteiger partial charge in [-0.05, 0) is 31.0 Å². The number of hydrogen-bond acceptors (Lipinski definition) is 4. The largest absolute Gasteiger partial charge is 0.481 e. The van der Waals surface area contributed by atoms with Gasteiger partial charge in [-0.15, -0.1) is 11.3 Å². The maximum absolute atomic E-state index is 13.0. The van der Waals surface area contributed by atoms with Crippen molar-refractivity contribution in [3.63, 3.8) is 0 Å². The van der Waals surface area contributed by atoms with E-state index in [0.717, 1.165) is 17.0 Å². The number of carbonyl (C=O) groups excluding carboxylic acids is 1. The predicted octanol–water partition coefficient (Wildman–Crippen LogP) is 3.41. The molecule has 1 aromatic carbocycles. The van der Waals surface area contributed by atoms with E-state index in [-0.39, 0.29) is 18.3 Å². The second-order valence-electron chi connectivity index (χ2n) is 5.86. The van der Waals surface area contributed by atoms with E-state index in [0.29, 0.717) is 23.4 Å². The smallest absolute Gasteiger partial charge is 0.308 e. The molecule has 2 aromatic rings. The van der Waals surface area contributed by atoms with Crippen LogP contribution in [0.3, 0.4) is 0 Å². The van der Waals surface area contributed by atoms with Gasteiger partial charge in [0.1, 0.15) is 10.7 Å². The Balaban J connectivity index is 2.02. The van der Waals surface area contributed by atoms with Crippen molar-refractivity contribution < 1.29 is 19.1 Å². The average Bonchev–Trinajstić information content (AvgIpc) is 2.93. The Morgan fingerprint density at radius 2 is 2.00 bits per heavy atom. The number of nitrogens with zero attached hydrogens (tertiary/aromatic N) is 1. The first-order valence-electron chi connectivity index (χ1n) is 8.12. The highest BCUT2D eigenvalue weighted by Gasteiger charge is 2.20. The molecule has 25 heavy (non-hydrogen) atoms. The molecule has 0 bridgehead atoms. The number of benzene rings is 1. The number of amides is 1. The normalized spacial score (nSPS) is 12.0. The summed E-state index contributed by atoms with van der Waals surface area (Å²) in [6.07, 6.45) is 1.79. The van der Waals surface area contributed by atoms with E-state index in [1.54, 1.807) is 19.1 Å². The fraction of sp³-hybridized carbons (Fsp3) is 0.389. The molecule has 0 saturated heterocycles. The fourth-order valence-electron chi connectivity index (χ4n) is 2.47. The van der Waals surface area contributed by atoms with Crippen LogP contribution in [0, 0.1) is 18.7 Å². The molecule has 1 aromatic heterocycles. The van der Waals surface area contributed by atoms with Crippen molar-refractivity contribution in [2.75, 3.05) is 6.54 Å². The Labute approximate surface area is 149 Å². The molecule has 1 heterocycles. The van der Waals surface area contributed by atoms with Gasteiger partial charge in [-0.3, -0.25) is 9.59 Å². The highest BCUT2D eigenvalue weighted by molar-refractivity contribution is 7.13. The predicted molar refractivity (Wildman–Crippen MR) is 94.4 cm³/mol. The lowest BCUT2D eigenvalue weighted by Gasteiger charge is -2.11. The minimum atomic E-state index is -0.903. The van der Waals surface area contributed by atoms with Gasteiger partial charge in [-0.25, -0.2) is 9.37 Å². The van der Waals surface area contributed by atoms with Crippen molar-refractivity contribution in [3.8, 4) is 0 Å². The van der Waals surface area contributed by atoms with Crippen molar-refractivity contribution >= 4 is 23.2 Å². The van der Waals surface area contributed by atoms with E-state index in [1.165, 1.54) is 23.5 Å². The standard InChI is InChI=1S/C18H21FN2O3S/c1-3-4-13(18(23)24)10-20-17(22)16-11(2)21-15(25-16)9-12-5-7-14(19)8-6-12/h5-8,13H,3-4,9-10H2,1-2H3,(H,20,22)(H,23,24). The van der Waals surface area contributed by atoms with Crippen molar-refractivity contribution in [1.29, 1.82) is 0 Å². The van der Waals surface area contributed by atoms with E-state index < -0.39 is 11.9 Å². The summed E-state index contributed by atoms with van der Waals surface area (Å²) < 4.78 is 13.0. The van der Waals surface area contributed by atoms with Crippen LogP contribution in [0.15, 0.2) is 24.3 Å². The van der Waals surface area contributed by atoms with Crippen LogP contribution in [-0.2, 0) is 11.2 Å². The van der Waals surface area contributed by atoms with Crippen LogP contribution in [0.1, 0.15) is 45.7 Å². The Bertz CT molecular complexity index is 743. The number of halogens is 1. The molecular formula is C18H21FN2O3S. The van der Waals surface area contributed by atoms with Gasteiger partial charge in [0.15, 0.2) is 0 Å². The van der Waals surface area contributed by atoms with Gasteiger partial charge in [-0.1, -0.05) is 25.5 Å². The second-order valence-corrected chi connectivity index (χ2v) is 6.94. The third kappa shape index (κ3) is 5.35. The van der Waals surface area contributed by atoms with Gasteiger partial charge in [0.05, 0.1) is 16.6 Å². The number of hydrogen-bond donors (Lipinski definition) is 2. The number of rotatable bonds is 8. The minimum Gasteiger partial charge on any atom is -0.481 e. The summed E-state index contributed by atoms with van der Waals surface area (Å²) >= 11 is 1.28. The molecule has 2 N–H and O–H groups in total. The van der Waals surface area contributed by atoms with E-state index in [4.69, 9.17) is 5.11 Å². The SMILES string of the molecule is CCCC(CNC(=O)c1sc(Cc2ccc(F)cc2)nc1C)C(=O)O. The number of carbonyl (C=O) groups is 2. The zero-order valence-electron chi connectivity index (χ0n) is 14.2. The first-order valence-corrected chi connectivity index (χ1v) is 8.94. The quantitative estimate of drug-likeness (QED) is 0.752. The van der Waals surface area contributed by atoms with Crippen LogP contribution in [0.25, 0.3) is 0 Å². The molecule has 0 fully saturated rings. The van der Waals surface area contributed by atoms with Crippen molar-refractivity contribution in [3.05, 3.63) is 51.2 Å². The first-order chi connectivity index (χ1) is 11.9. The Kier molecular flexibility index (Phi) is 6.64. The number of nitrogens with one attached hydrogen (secondary N) is 1. The van der Waals surface area contributed by atoms with Gasteiger partial charge in [0, 0.05) is 13.0 Å². The summed E-state index contributed by atoms with van der Waals surface area (Å²) in [6.45, 7) is 3.76. The number of carboxylic acid groups (broad SMARTS) is 1. The Hall–Kier alpha value is -2.28. The maximum atomic E-state index is 13.0. The molecule has 0 aliphatic rings. The van der Waals surface area contributed by atoms with Gasteiger partial charge in [-0.2, -0.15) is 0 Å². The summed E-state index contributed by atoms with van der Waals surface area (Å²) in [7, 11) is 0. The molecular weight excluding hydrogens is 343 g/mol. The summed E-state index contributed by atoms with van der Waals surface area (Å²) in [4.78, 5) is 28.4. The molecule has 1 unspecified atom stereocenters. The van der Waals surface area contributed by atoms with E-state index in [1.807, 2.05) is 6.92 Å². The molecule has 0 radical (unpaired) electrons.